The van der Waals surface area contributed by atoms with Gasteiger partial charge in [-0.3, -0.25) is 0 Å². The summed E-state index contributed by atoms with van der Waals surface area (Å²) in [5.74, 6) is 0.762. The number of rotatable bonds is 5. The van der Waals surface area contributed by atoms with Crippen LogP contribution in [0.3, 0.4) is 0 Å². The smallest absolute Gasteiger partial charge is 0.147 e. The monoisotopic (exact) mass is 239 g/mol. The van der Waals surface area contributed by atoms with Crippen LogP contribution < -0.4 is 4.90 Å². The lowest BCUT2D eigenvalue weighted by Gasteiger charge is -2.22. The quantitative estimate of drug-likeness (QED) is 0.741. The zero-order chi connectivity index (χ0) is 13.0. The second kappa shape index (κ2) is 5.50. The van der Waals surface area contributed by atoms with Crippen molar-refractivity contribution in [3.63, 3.8) is 0 Å². The van der Waals surface area contributed by atoms with Gasteiger partial charge in [0.15, 0.2) is 0 Å². The fourth-order valence-electron chi connectivity index (χ4n) is 2.34. The lowest BCUT2D eigenvalue weighted by Crippen LogP contribution is -2.25. The van der Waals surface area contributed by atoms with Crippen LogP contribution in [0, 0.1) is 11.3 Å². The number of nitriles is 1. The molecule has 0 spiro atoms. The number of fused-ring (bicyclic) bond motifs is 1. The lowest BCUT2D eigenvalue weighted by atomic mass is 10.1. The van der Waals surface area contributed by atoms with Gasteiger partial charge in [0, 0.05) is 18.8 Å². The highest BCUT2D eigenvalue weighted by atomic mass is 15.2. The van der Waals surface area contributed by atoms with Crippen molar-refractivity contribution in [2.45, 2.75) is 19.3 Å². The summed E-state index contributed by atoms with van der Waals surface area (Å²) in [6, 6.07) is 4.24. The molecule has 0 amide bonds. The van der Waals surface area contributed by atoms with E-state index in [4.69, 9.17) is 0 Å². The van der Waals surface area contributed by atoms with Crippen LogP contribution in [0.4, 0.5) is 5.82 Å². The molecule has 18 heavy (non-hydrogen) atoms. The zero-order valence-electron chi connectivity index (χ0n) is 10.5. The van der Waals surface area contributed by atoms with Crippen molar-refractivity contribution in [1.82, 2.24) is 4.98 Å². The molecule has 0 fully saturated rings. The normalized spacial score (nSPS) is 12.6. The second-order valence-corrected chi connectivity index (χ2v) is 4.41. The van der Waals surface area contributed by atoms with E-state index in [2.05, 4.69) is 24.2 Å². The molecule has 0 unspecified atom stereocenters. The van der Waals surface area contributed by atoms with Crippen molar-refractivity contribution in [3.8, 4) is 6.07 Å². The molecule has 1 aliphatic rings. The summed E-state index contributed by atoms with van der Waals surface area (Å²) in [5, 5.41) is 9.27. The molecule has 3 nitrogen and oxygen atoms in total. The van der Waals surface area contributed by atoms with Crippen molar-refractivity contribution in [2.24, 2.45) is 0 Å². The molecular formula is C15H17N3. The first-order valence-electron chi connectivity index (χ1n) is 6.19. The molecule has 1 aromatic rings. The van der Waals surface area contributed by atoms with E-state index in [0.717, 1.165) is 30.8 Å². The van der Waals surface area contributed by atoms with Crippen LogP contribution in [0.15, 0.2) is 31.4 Å². The molecule has 0 bridgehead atoms. The minimum absolute atomic E-state index is 0.652. The molecule has 92 valence electrons. The second-order valence-electron chi connectivity index (χ2n) is 4.41. The van der Waals surface area contributed by atoms with Gasteiger partial charge < -0.3 is 4.90 Å². The Kier molecular flexibility index (Phi) is 3.78. The Bertz CT molecular complexity index is 501. The zero-order valence-corrected chi connectivity index (χ0v) is 10.5. The molecule has 0 N–H and O–H groups in total. The van der Waals surface area contributed by atoms with Gasteiger partial charge in [0.1, 0.15) is 11.9 Å². The number of hydrogen-bond donors (Lipinski definition) is 0. The van der Waals surface area contributed by atoms with E-state index in [1.807, 2.05) is 23.1 Å². The van der Waals surface area contributed by atoms with Gasteiger partial charge in [-0.05, 0) is 30.9 Å². The van der Waals surface area contributed by atoms with E-state index in [9.17, 15) is 5.26 Å². The van der Waals surface area contributed by atoms with Crippen LogP contribution in [0.25, 0.3) is 0 Å². The molecule has 0 saturated heterocycles. The number of hydrogen-bond acceptors (Lipinski definition) is 3. The summed E-state index contributed by atoms with van der Waals surface area (Å²) in [6.45, 7) is 8.85. The van der Waals surface area contributed by atoms with Crippen LogP contribution in [0.1, 0.15) is 23.2 Å². The first-order valence-corrected chi connectivity index (χ1v) is 6.19. The third kappa shape index (κ3) is 2.28. The molecule has 1 aliphatic carbocycles. The summed E-state index contributed by atoms with van der Waals surface area (Å²) < 4.78 is 0. The summed E-state index contributed by atoms with van der Waals surface area (Å²) in [6.07, 6.45) is 6.84. The van der Waals surface area contributed by atoms with Gasteiger partial charge >= 0.3 is 0 Å². The van der Waals surface area contributed by atoms with Crippen LogP contribution >= 0.6 is 0 Å². The molecule has 3 heteroatoms. The van der Waals surface area contributed by atoms with E-state index in [1.54, 1.807) is 0 Å². The van der Waals surface area contributed by atoms with Crippen LogP contribution in [0.2, 0.25) is 0 Å². The number of nitrogens with zero attached hydrogens (tertiary/aromatic N) is 3. The molecule has 1 heterocycles. The fraction of sp³-hybridized carbons (Fsp3) is 0.333. The number of aromatic nitrogens is 1. The van der Waals surface area contributed by atoms with Crippen molar-refractivity contribution < 1.29 is 0 Å². The standard InChI is InChI=1S/C15H17N3/c1-3-8-18(9-4-2)15-13(11-16)10-12-6-5-7-14(12)17-15/h3-4,10H,1-2,5-9H2. The van der Waals surface area contributed by atoms with E-state index >= 15 is 0 Å². The SMILES string of the molecule is C=CCN(CC=C)c1nc2c(cc1C#N)CCC2. The topological polar surface area (TPSA) is 39.9 Å². The minimum atomic E-state index is 0.652. The summed E-state index contributed by atoms with van der Waals surface area (Å²) in [7, 11) is 0. The number of anilines is 1. The lowest BCUT2D eigenvalue weighted by molar-refractivity contribution is 0.883. The fourth-order valence-corrected chi connectivity index (χ4v) is 2.34. The average Bonchev–Trinajstić information content (AvgIpc) is 2.84. The Balaban J connectivity index is 2.44. The van der Waals surface area contributed by atoms with E-state index in [1.165, 1.54) is 5.56 Å². The van der Waals surface area contributed by atoms with Gasteiger partial charge in [0.25, 0.3) is 0 Å². The highest BCUT2D eigenvalue weighted by Crippen LogP contribution is 2.26. The first kappa shape index (κ1) is 12.4. The van der Waals surface area contributed by atoms with Gasteiger partial charge in [-0.1, -0.05) is 12.2 Å². The van der Waals surface area contributed by atoms with E-state index in [0.29, 0.717) is 18.7 Å². The summed E-state index contributed by atoms with van der Waals surface area (Å²) >= 11 is 0. The molecule has 0 radical (unpaired) electrons. The molecule has 0 saturated carbocycles. The summed E-state index contributed by atoms with van der Waals surface area (Å²) in [4.78, 5) is 6.69. The third-order valence-corrected chi connectivity index (χ3v) is 3.15. The van der Waals surface area contributed by atoms with Crippen molar-refractivity contribution in [2.75, 3.05) is 18.0 Å². The molecule has 2 rings (SSSR count). The van der Waals surface area contributed by atoms with E-state index in [-0.39, 0.29) is 0 Å². The van der Waals surface area contributed by atoms with Gasteiger partial charge in [-0.2, -0.15) is 5.26 Å². The summed E-state index contributed by atoms with van der Waals surface area (Å²) in [5.41, 5.74) is 3.02. The van der Waals surface area contributed by atoms with Crippen molar-refractivity contribution in [1.29, 1.82) is 5.26 Å². The Morgan fingerprint density at radius 3 is 2.67 bits per heavy atom. The van der Waals surface area contributed by atoms with Gasteiger partial charge in [-0.25, -0.2) is 4.98 Å². The highest BCUT2D eigenvalue weighted by molar-refractivity contribution is 5.57. The largest absolute Gasteiger partial charge is 0.348 e. The Hall–Kier alpha value is -2.08. The van der Waals surface area contributed by atoms with Crippen LogP contribution in [0.5, 0.6) is 0 Å². The average molecular weight is 239 g/mol. The Labute approximate surface area is 108 Å². The molecule has 0 aliphatic heterocycles. The predicted octanol–water partition coefficient (Wildman–Crippen LogP) is 2.62. The Morgan fingerprint density at radius 1 is 1.33 bits per heavy atom. The third-order valence-electron chi connectivity index (χ3n) is 3.15. The first-order chi connectivity index (χ1) is 8.80. The van der Waals surface area contributed by atoms with Crippen LogP contribution in [-0.2, 0) is 12.8 Å². The van der Waals surface area contributed by atoms with E-state index < -0.39 is 0 Å². The number of pyridine rings is 1. The molecule has 1 aromatic heterocycles. The molecule has 0 atom stereocenters. The maximum Gasteiger partial charge on any atom is 0.147 e. The van der Waals surface area contributed by atoms with Crippen molar-refractivity contribution in [3.05, 3.63) is 48.2 Å². The van der Waals surface area contributed by atoms with Gasteiger partial charge in [0.2, 0.25) is 0 Å². The Morgan fingerprint density at radius 2 is 2.06 bits per heavy atom. The van der Waals surface area contributed by atoms with Crippen molar-refractivity contribution >= 4 is 5.82 Å². The number of aryl methyl sites for hydroxylation is 2. The van der Waals surface area contributed by atoms with Gasteiger partial charge in [0.05, 0.1) is 5.56 Å². The maximum atomic E-state index is 9.27. The van der Waals surface area contributed by atoms with Gasteiger partial charge in [-0.15, -0.1) is 13.2 Å². The highest BCUT2D eigenvalue weighted by Gasteiger charge is 2.18. The van der Waals surface area contributed by atoms with Crippen LogP contribution in [-0.4, -0.2) is 18.1 Å². The minimum Gasteiger partial charge on any atom is -0.348 e. The predicted molar refractivity (Wildman–Crippen MR) is 73.6 cm³/mol. The maximum absolute atomic E-state index is 9.27. The molecule has 0 aromatic carbocycles. The molecular weight excluding hydrogens is 222 g/mol.